The first-order valence-corrected chi connectivity index (χ1v) is 5.33. The molecule has 1 aromatic carbocycles. The highest BCUT2D eigenvalue weighted by atomic mass is 35.5. The summed E-state index contributed by atoms with van der Waals surface area (Å²) in [6, 6.07) is 8.53. The molecule has 3 nitrogen and oxygen atoms in total. The molecule has 0 saturated heterocycles. The Bertz CT molecular complexity index is 492. The summed E-state index contributed by atoms with van der Waals surface area (Å²) in [4.78, 5) is 0. The predicted molar refractivity (Wildman–Crippen MR) is 57.9 cm³/mol. The molecule has 3 rings (SSSR count). The first kappa shape index (κ1) is 8.92. The molecular formula is C11H10ClN3. The largest absolute Gasteiger partial charge is 0.304 e. The number of nitrogens with zero attached hydrogens (tertiary/aromatic N) is 3. The van der Waals surface area contributed by atoms with Gasteiger partial charge in [0.15, 0.2) is 0 Å². The Morgan fingerprint density at radius 2 is 2.27 bits per heavy atom. The Morgan fingerprint density at radius 3 is 3.00 bits per heavy atom. The summed E-state index contributed by atoms with van der Waals surface area (Å²) in [5.74, 6) is 0.565. The summed E-state index contributed by atoms with van der Waals surface area (Å²) in [5.41, 5.74) is 2.88. The second kappa shape index (κ2) is 3.35. The molecule has 0 fully saturated rings. The van der Waals surface area contributed by atoms with E-state index in [9.17, 15) is 0 Å². The van der Waals surface area contributed by atoms with Gasteiger partial charge >= 0.3 is 0 Å². The highest BCUT2D eigenvalue weighted by Gasteiger charge is 2.25. The fourth-order valence-corrected chi connectivity index (χ4v) is 2.28. The van der Waals surface area contributed by atoms with Crippen LogP contribution in [-0.2, 0) is 13.0 Å². The monoisotopic (exact) mass is 219 g/mol. The third-order valence-corrected chi connectivity index (χ3v) is 3.24. The van der Waals surface area contributed by atoms with Crippen LogP contribution in [0.2, 0.25) is 5.28 Å². The van der Waals surface area contributed by atoms with Crippen molar-refractivity contribution in [2.24, 2.45) is 0 Å². The lowest BCUT2D eigenvalue weighted by Crippen LogP contribution is -2.21. The van der Waals surface area contributed by atoms with Crippen LogP contribution in [0.15, 0.2) is 30.6 Å². The first-order chi connectivity index (χ1) is 7.34. The van der Waals surface area contributed by atoms with Gasteiger partial charge in [0.1, 0.15) is 6.33 Å². The van der Waals surface area contributed by atoms with Gasteiger partial charge in [0.25, 0.3) is 0 Å². The molecule has 1 aromatic heterocycles. The summed E-state index contributed by atoms with van der Waals surface area (Å²) < 4.78 is 1.89. The van der Waals surface area contributed by atoms with Crippen LogP contribution < -0.4 is 0 Å². The molecule has 0 amide bonds. The normalized spacial score (nSPS) is 18.3. The Labute approximate surface area is 92.7 Å². The maximum absolute atomic E-state index is 5.88. The zero-order chi connectivity index (χ0) is 10.3. The van der Waals surface area contributed by atoms with E-state index in [4.69, 9.17) is 11.6 Å². The quantitative estimate of drug-likeness (QED) is 0.776. The number of hydrogen-bond acceptors (Lipinski definition) is 2. The molecular weight excluding hydrogens is 210 g/mol. The summed E-state index contributed by atoms with van der Waals surface area (Å²) in [5, 5.41) is 8.00. The van der Waals surface area contributed by atoms with Gasteiger partial charge in [-0.3, -0.25) is 0 Å². The molecule has 4 heteroatoms. The molecule has 1 aliphatic rings. The Hall–Kier alpha value is -1.35. The van der Waals surface area contributed by atoms with Crippen molar-refractivity contribution in [3.05, 3.63) is 47.0 Å². The number of rotatable bonds is 2. The molecule has 76 valence electrons. The lowest BCUT2D eigenvalue weighted by molar-refractivity contribution is 0.508. The third kappa shape index (κ3) is 1.43. The average molecular weight is 220 g/mol. The van der Waals surface area contributed by atoms with Crippen molar-refractivity contribution in [2.45, 2.75) is 18.9 Å². The van der Waals surface area contributed by atoms with E-state index in [1.165, 1.54) is 11.1 Å². The van der Waals surface area contributed by atoms with E-state index >= 15 is 0 Å². The zero-order valence-corrected chi connectivity index (χ0v) is 8.85. The lowest BCUT2D eigenvalue weighted by Gasteiger charge is -2.30. The standard InChI is InChI=1S/C11H10ClN3/c12-11-14-13-7-15(11)6-9-5-8-3-1-2-4-10(8)9/h1-4,7,9H,5-6H2. The van der Waals surface area contributed by atoms with E-state index in [-0.39, 0.29) is 0 Å². The van der Waals surface area contributed by atoms with Crippen LogP contribution in [0.3, 0.4) is 0 Å². The van der Waals surface area contributed by atoms with Crippen LogP contribution in [0.25, 0.3) is 0 Å². The van der Waals surface area contributed by atoms with Gasteiger partial charge in [0, 0.05) is 12.5 Å². The molecule has 15 heavy (non-hydrogen) atoms. The molecule has 0 bridgehead atoms. The fourth-order valence-electron chi connectivity index (χ4n) is 2.13. The van der Waals surface area contributed by atoms with Crippen molar-refractivity contribution in [1.29, 1.82) is 0 Å². The molecule has 0 spiro atoms. The van der Waals surface area contributed by atoms with Crippen LogP contribution in [0, 0.1) is 0 Å². The SMILES string of the molecule is Clc1nncn1CC1Cc2ccccc21. The van der Waals surface area contributed by atoms with Gasteiger partial charge in [-0.05, 0) is 29.1 Å². The third-order valence-electron chi connectivity index (χ3n) is 2.95. The molecule has 0 aliphatic heterocycles. The van der Waals surface area contributed by atoms with Crippen LogP contribution >= 0.6 is 11.6 Å². The number of benzene rings is 1. The van der Waals surface area contributed by atoms with E-state index in [1.807, 2.05) is 4.57 Å². The highest BCUT2D eigenvalue weighted by Crippen LogP contribution is 2.36. The second-order valence-electron chi connectivity index (χ2n) is 3.85. The summed E-state index contributed by atoms with van der Waals surface area (Å²) in [6.07, 6.45) is 2.81. The first-order valence-electron chi connectivity index (χ1n) is 4.95. The predicted octanol–water partition coefficient (Wildman–Crippen LogP) is 2.27. The average Bonchev–Trinajstić information content (AvgIpc) is 2.61. The fraction of sp³-hybridized carbons (Fsp3) is 0.273. The number of hydrogen-bond donors (Lipinski definition) is 0. The molecule has 0 N–H and O–H groups in total. The Morgan fingerprint density at radius 1 is 1.40 bits per heavy atom. The van der Waals surface area contributed by atoms with E-state index < -0.39 is 0 Å². The smallest absolute Gasteiger partial charge is 0.224 e. The highest BCUT2D eigenvalue weighted by molar-refractivity contribution is 6.28. The van der Waals surface area contributed by atoms with Crippen LogP contribution in [0.4, 0.5) is 0 Å². The van der Waals surface area contributed by atoms with E-state index in [1.54, 1.807) is 6.33 Å². The van der Waals surface area contributed by atoms with Gasteiger partial charge in [-0.1, -0.05) is 24.3 Å². The van der Waals surface area contributed by atoms with Crippen LogP contribution in [-0.4, -0.2) is 14.8 Å². The maximum Gasteiger partial charge on any atom is 0.224 e. The molecule has 0 radical (unpaired) electrons. The Balaban J connectivity index is 1.81. The van der Waals surface area contributed by atoms with E-state index in [0.29, 0.717) is 11.2 Å². The molecule has 1 unspecified atom stereocenters. The number of aromatic nitrogens is 3. The van der Waals surface area contributed by atoms with Gasteiger partial charge in [-0.2, -0.15) is 0 Å². The van der Waals surface area contributed by atoms with Crippen molar-refractivity contribution in [2.75, 3.05) is 0 Å². The lowest BCUT2D eigenvalue weighted by atomic mass is 9.77. The van der Waals surface area contributed by atoms with E-state index in [2.05, 4.69) is 34.5 Å². The summed E-state index contributed by atoms with van der Waals surface area (Å²) >= 11 is 5.88. The number of halogens is 1. The van der Waals surface area contributed by atoms with Crippen molar-refractivity contribution in [3.63, 3.8) is 0 Å². The molecule has 1 heterocycles. The molecule has 2 aromatic rings. The summed E-state index contributed by atoms with van der Waals surface area (Å²) in [7, 11) is 0. The number of fused-ring (bicyclic) bond motifs is 1. The molecule has 1 aliphatic carbocycles. The van der Waals surface area contributed by atoms with Crippen molar-refractivity contribution >= 4 is 11.6 Å². The minimum atomic E-state index is 0.472. The van der Waals surface area contributed by atoms with Gasteiger partial charge in [0.2, 0.25) is 5.28 Å². The molecule has 1 atom stereocenters. The molecule has 0 saturated carbocycles. The minimum Gasteiger partial charge on any atom is -0.304 e. The van der Waals surface area contributed by atoms with Crippen molar-refractivity contribution in [3.8, 4) is 0 Å². The van der Waals surface area contributed by atoms with Gasteiger partial charge in [0.05, 0.1) is 0 Å². The van der Waals surface area contributed by atoms with Gasteiger partial charge < -0.3 is 4.57 Å². The van der Waals surface area contributed by atoms with Crippen LogP contribution in [0.1, 0.15) is 17.0 Å². The van der Waals surface area contributed by atoms with E-state index in [0.717, 1.165) is 13.0 Å². The Kier molecular flexibility index (Phi) is 1.99. The zero-order valence-electron chi connectivity index (χ0n) is 8.10. The topological polar surface area (TPSA) is 30.7 Å². The van der Waals surface area contributed by atoms with Crippen LogP contribution in [0.5, 0.6) is 0 Å². The maximum atomic E-state index is 5.88. The van der Waals surface area contributed by atoms with Crippen molar-refractivity contribution in [1.82, 2.24) is 14.8 Å². The van der Waals surface area contributed by atoms with Crippen molar-refractivity contribution < 1.29 is 0 Å². The second-order valence-corrected chi connectivity index (χ2v) is 4.19. The summed E-state index contributed by atoms with van der Waals surface area (Å²) in [6.45, 7) is 0.878. The van der Waals surface area contributed by atoms with Gasteiger partial charge in [-0.15, -0.1) is 10.2 Å². The minimum absolute atomic E-state index is 0.472. The van der Waals surface area contributed by atoms with Gasteiger partial charge in [-0.25, -0.2) is 0 Å².